The van der Waals surface area contributed by atoms with E-state index in [1.54, 1.807) is 0 Å². The lowest BCUT2D eigenvalue weighted by Gasteiger charge is -2.30. The molecular formula is C17H22N2O2S2. The van der Waals surface area contributed by atoms with Crippen LogP contribution in [-0.2, 0) is 10.0 Å². The van der Waals surface area contributed by atoms with Crippen LogP contribution in [0.5, 0.6) is 0 Å². The number of anilines is 2. The average Bonchev–Trinajstić information content (AvgIpc) is 2.88. The van der Waals surface area contributed by atoms with E-state index in [9.17, 15) is 8.42 Å². The molecule has 2 heterocycles. The van der Waals surface area contributed by atoms with Crippen LogP contribution in [0, 0.1) is 13.8 Å². The van der Waals surface area contributed by atoms with Crippen molar-refractivity contribution in [2.24, 2.45) is 0 Å². The Morgan fingerprint density at radius 1 is 1.09 bits per heavy atom. The number of hydrogen-bond acceptors (Lipinski definition) is 4. The molecule has 0 bridgehead atoms. The number of sulfonamides is 1. The molecule has 1 aliphatic heterocycles. The van der Waals surface area contributed by atoms with E-state index < -0.39 is 10.0 Å². The second-order valence-corrected chi connectivity index (χ2v) is 9.13. The van der Waals surface area contributed by atoms with Crippen LogP contribution in [0.25, 0.3) is 0 Å². The first-order valence-electron chi connectivity index (χ1n) is 7.91. The zero-order chi connectivity index (χ0) is 16.4. The molecule has 6 heteroatoms. The Bertz CT molecular complexity index is 791. The van der Waals surface area contributed by atoms with Crippen LogP contribution in [0.1, 0.15) is 29.7 Å². The minimum atomic E-state index is -3.54. The van der Waals surface area contributed by atoms with Gasteiger partial charge in [-0.2, -0.15) is 0 Å². The molecule has 0 aliphatic carbocycles. The Kier molecular flexibility index (Phi) is 4.64. The van der Waals surface area contributed by atoms with Crippen LogP contribution in [-0.4, -0.2) is 21.5 Å². The third kappa shape index (κ3) is 3.53. The maximum atomic E-state index is 12.8. The highest BCUT2D eigenvalue weighted by atomic mass is 32.2. The average molecular weight is 351 g/mol. The highest BCUT2D eigenvalue weighted by Crippen LogP contribution is 2.32. The summed E-state index contributed by atoms with van der Waals surface area (Å²) in [7, 11) is -3.54. The van der Waals surface area contributed by atoms with Gasteiger partial charge < -0.3 is 4.90 Å². The Morgan fingerprint density at radius 2 is 1.78 bits per heavy atom. The molecule has 1 N–H and O–H groups in total. The lowest BCUT2D eigenvalue weighted by atomic mass is 10.1. The molecule has 23 heavy (non-hydrogen) atoms. The Hall–Kier alpha value is -1.53. The van der Waals surface area contributed by atoms with Gasteiger partial charge >= 0.3 is 0 Å². The summed E-state index contributed by atoms with van der Waals surface area (Å²) >= 11 is 1.32. The zero-order valence-corrected chi connectivity index (χ0v) is 15.1. The first-order valence-corrected chi connectivity index (χ1v) is 10.2. The lowest BCUT2D eigenvalue weighted by molar-refractivity contribution is 0.578. The van der Waals surface area contributed by atoms with E-state index in [0.717, 1.165) is 42.1 Å². The fourth-order valence-electron chi connectivity index (χ4n) is 3.05. The van der Waals surface area contributed by atoms with Crippen molar-refractivity contribution in [3.63, 3.8) is 0 Å². The minimum Gasteiger partial charge on any atom is -0.370 e. The van der Waals surface area contributed by atoms with Crippen molar-refractivity contribution in [3.8, 4) is 0 Å². The predicted octanol–water partition coefficient (Wildman–Crippen LogP) is 4.16. The smallest absolute Gasteiger partial charge is 0.271 e. The number of hydrogen-bond donors (Lipinski definition) is 1. The van der Waals surface area contributed by atoms with Crippen molar-refractivity contribution in [1.82, 2.24) is 0 Å². The van der Waals surface area contributed by atoms with Gasteiger partial charge in [0.05, 0.1) is 11.4 Å². The normalized spacial score (nSPS) is 15.7. The molecule has 0 amide bonds. The maximum Gasteiger partial charge on any atom is 0.271 e. The number of para-hydroxylation sites is 2. The number of nitrogens with zero attached hydrogens (tertiary/aromatic N) is 1. The van der Waals surface area contributed by atoms with Gasteiger partial charge in [-0.25, -0.2) is 8.42 Å². The van der Waals surface area contributed by atoms with Gasteiger partial charge in [-0.1, -0.05) is 12.1 Å². The molecule has 1 aromatic carbocycles. The summed E-state index contributed by atoms with van der Waals surface area (Å²) in [5.41, 5.74) is 2.44. The monoisotopic (exact) mass is 350 g/mol. The van der Waals surface area contributed by atoms with E-state index in [0.29, 0.717) is 9.90 Å². The first-order chi connectivity index (χ1) is 11.0. The van der Waals surface area contributed by atoms with Gasteiger partial charge in [0.1, 0.15) is 4.21 Å². The summed E-state index contributed by atoms with van der Waals surface area (Å²) < 4.78 is 28.7. The number of piperidine rings is 1. The topological polar surface area (TPSA) is 49.4 Å². The van der Waals surface area contributed by atoms with E-state index in [-0.39, 0.29) is 0 Å². The quantitative estimate of drug-likeness (QED) is 0.901. The summed E-state index contributed by atoms with van der Waals surface area (Å²) in [4.78, 5) is 3.28. The van der Waals surface area contributed by atoms with Gasteiger partial charge in [-0.05, 0) is 56.9 Å². The molecule has 4 nitrogen and oxygen atoms in total. The highest BCUT2D eigenvalue weighted by molar-refractivity contribution is 7.94. The Balaban J connectivity index is 1.92. The molecule has 1 aromatic heterocycles. The largest absolute Gasteiger partial charge is 0.370 e. The van der Waals surface area contributed by atoms with Crippen LogP contribution in [0.15, 0.2) is 34.5 Å². The van der Waals surface area contributed by atoms with Crippen LogP contribution >= 0.6 is 11.3 Å². The van der Waals surface area contributed by atoms with E-state index >= 15 is 0 Å². The minimum absolute atomic E-state index is 0.406. The summed E-state index contributed by atoms with van der Waals surface area (Å²) in [5, 5.41) is 0. The molecule has 1 saturated heterocycles. The van der Waals surface area contributed by atoms with Crippen molar-refractivity contribution in [3.05, 3.63) is 40.8 Å². The number of rotatable bonds is 4. The molecule has 2 aromatic rings. The lowest BCUT2D eigenvalue weighted by Crippen LogP contribution is -2.30. The fourth-order valence-corrected chi connectivity index (χ4v) is 5.79. The summed E-state index contributed by atoms with van der Waals surface area (Å²) in [6.45, 7) is 5.73. The highest BCUT2D eigenvalue weighted by Gasteiger charge is 2.22. The zero-order valence-electron chi connectivity index (χ0n) is 13.5. The van der Waals surface area contributed by atoms with Crippen LogP contribution in [0.2, 0.25) is 0 Å². The van der Waals surface area contributed by atoms with Crippen LogP contribution in [0.3, 0.4) is 0 Å². The Labute approximate surface area is 142 Å². The SMILES string of the molecule is Cc1cc(C)c(S(=O)(=O)Nc2ccccc2N2CCCCC2)s1. The molecule has 0 atom stereocenters. The van der Waals surface area contributed by atoms with Crippen molar-refractivity contribution < 1.29 is 8.42 Å². The molecule has 0 radical (unpaired) electrons. The molecular weight excluding hydrogens is 328 g/mol. The summed E-state index contributed by atoms with van der Waals surface area (Å²) in [5.74, 6) is 0. The molecule has 1 fully saturated rings. The number of nitrogens with one attached hydrogen (secondary N) is 1. The Morgan fingerprint density at radius 3 is 2.43 bits per heavy atom. The maximum absolute atomic E-state index is 12.8. The van der Waals surface area contributed by atoms with E-state index in [2.05, 4.69) is 9.62 Å². The predicted molar refractivity (Wildman–Crippen MR) is 97.1 cm³/mol. The van der Waals surface area contributed by atoms with E-state index in [1.807, 2.05) is 44.2 Å². The molecule has 0 saturated carbocycles. The second-order valence-electron chi connectivity index (χ2n) is 6.00. The standard InChI is InChI=1S/C17H22N2O2S2/c1-13-12-14(2)22-17(13)23(20,21)18-15-8-4-5-9-16(15)19-10-6-3-7-11-19/h4-5,8-9,12,18H,3,6-7,10-11H2,1-2H3. The number of thiophene rings is 1. The van der Waals surface area contributed by atoms with Gasteiger partial charge in [0, 0.05) is 18.0 Å². The third-order valence-electron chi connectivity index (χ3n) is 4.08. The van der Waals surface area contributed by atoms with Gasteiger partial charge in [-0.3, -0.25) is 4.72 Å². The van der Waals surface area contributed by atoms with E-state index in [1.165, 1.54) is 17.8 Å². The van der Waals surface area contributed by atoms with Gasteiger partial charge in [-0.15, -0.1) is 11.3 Å². The first kappa shape index (κ1) is 16.3. The van der Waals surface area contributed by atoms with Crippen molar-refractivity contribution >= 4 is 32.7 Å². The van der Waals surface area contributed by atoms with E-state index in [4.69, 9.17) is 0 Å². The summed E-state index contributed by atoms with van der Waals surface area (Å²) in [6.07, 6.45) is 3.56. The van der Waals surface area contributed by atoms with Crippen LogP contribution in [0.4, 0.5) is 11.4 Å². The number of benzene rings is 1. The van der Waals surface area contributed by atoms with Crippen molar-refractivity contribution in [1.29, 1.82) is 0 Å². The number of aryl methyl sites for hydroxylation is 2. The van der Waals surface area contributed by atoms with Crippen LogP contribution < -0.4 is 9.62 Å². The van der Waals surface area contributed by atoms with Crippen molar-refractivity contribution in [2.45, 2.75) is 37.3 Å². The summed E-state index contributed by atoms with van der Waals surface area (Å²) in [6, 6.07) is 9.59. The molecule has 1 aliphatic rings. The molecule has 124 valence electrons. The second kappa shape index (κ2) is 6.53. The third-order valence-corrected chi connectivity index (χ3v) is 7.24. The molecule has 3 rings (SSSR count). The van der Waals surface area contributed by atoms with Gasteiger partial charge in [0.25, 0.3) is 10.0 Å². The molecule has 0 spiro atoms. The van der Waals surface area contributed by atoms with Crippen molar-refractivity contribution in [2.75, 3.05) is 22.7 Å². The molecule has 0 unspecified atom stereocenters. The van der Waals surface area contributed by atoms with Gasteiger partial charge in [0.2, 0.25) is 0 Å². The van der Waals surface area contributed by atoms with Gasteiger partial charge in [0.15, 0.2) is 0 Å². The fraction of sp³-hybridized carbons (Fsp3) is 0.412.